The molecule has 0 saturated carbocycles. The lowest BCUT2D eigenvalue weighted by Gasteiger charge is -2.31. The minimum Gasteiger partial charge on any atom is -0.497 e. The summed E-state index contributed by atoms with van der Waals surface area (Å²) in [5.74, 6) is 0.228. The topological polar surface area (TPSA) is 62.1 Å². The fourth-order valence-corrected chi connectivity index (χ4v) is 2.84. The molecule has 0 unspecified atom stereocenters. The third-order valence-corrected chi connectivity index (χ3v) is 4.20. The summed E-state index contributed by atoms with van der Waals surface area (Å²) in [6.07, 6.45) is 0.986. The van der Waals surface area contributed by atoms with Gasteiger partial charge >= 0.3 is 0 Å². The number of nitrogens with zero attached hydrogens (tertiary/aromatic N) is 2. The first-order valence-electron chi connectivity index (χ1n) is 7.91. The number of hydrogen-bond acceptors (Lipinski definition) is 4. The number of carbonyl (C=O) groups excluding carboxylic acids is 1. The molecule has 24 heavy (non-hydrogen) atoms. The molecule has 0 bridgehead atoms. The zero-order valence-corrected chi connectivity index (χ0v) is 13.8. The van der Waals surface area contributed by atoms with Crippen LogP contribution in [0.2, 0.25) is 0 Å². The van der Waals surface area contributed by atoms with Crippen LogP contribution in [0.25, 0.3) is 0 Å². The molecule has 0 fully saturated rings. The van der Waals surface area contributed by atoms with Gasteiger partial charge in [0.15, 0.2) is 5.72 Å². The van der Waals surface area contributed by atoms with E-state index < -0.39 is 5.72 Å². The van der Waals surface area contributed by atoms with Crippen LogP contribution in [0.3, 0.4) is 0 Å². The van der Waals surface area contributed by atoms with Crippen molar-refractivity contribution in [1.29, 1.82) is 0 Å². The average molecular weight is 324 g/mol. The summed E-state index contributed by atoms with van der Waals surface area (Å²) >= 11 is 0. The first-order chi connectivity index (χ1) is 11.6. The van der Waals surface area contributed by atoms with Gasteiger partial charge in [-0.15, -0.1) is 0 Å². The van der Waals surface area contributed by atoms with Crippen molar-refractivity contribution in [3.05, 3.63) is 65.7 Å². The van der Waals surface area contributed by atoms with E-state index in [2.05, 4.69) is 5.10 Å². The summed E-state index contributed by atoms with van der Waals surface area (Å²) < 4.78 is 5.18. The van der Waals surface area contributed by atoms with Crippen LogP contribution in [0.15, 0.2) is 59.7 Å². The van der Waals surface area contributed by atoms with Gasteiger partial charge in [-0.3, -0.25) is 4.79 Å². The highest BCUT2D eigenvalue weighted by molar-refractivity contribution is 5.98. The van der Waals surface area contributed by atoms with Gasteiger partial charge in [-0.2, -0.15) is 10.1 Å². The normalized spacial score (nSPS) is 20.0. The second-order valence-electron chi connectivity index (χ2n) is 5.73. The Balaban J connectivity index is 2.01. The van der Waals surface area contributed by atoms with Crippen LogP contribution in [-0.2, 0) is 5.72 Å². The SMILES string of the molecule is CCC1=NN(C(=O)c2cccc(OC)c2)[C@](O)(c2ccccc2)C1. The van der Waals surface area contributed by atoms with Gasteiger partial charge in [0.1, 0.15) is 5.75 Å². The van der Waals surface area contributed by atoms with Crippen molar-refractivity contribution in [2.24, 2.45) is 5.10 Å². The molecular weight excluding hydrogens is 304 g/mol. The number of carbonyl (C=O) groups is 1. The third kappa shape index (κ3) is 2.78. The molecule has 3 rings (SSSR count). The van der Waals surface area contributed by atoms with Crippen LogP contribution in [-0.4, -0.2) is 28.8 Å². The molecule has 2 aromatic rings. The lowest BCUT2D eigenvalue weighted by atomic mass is 9.96. The van der Waals surface area contributed by atoms with Crippen molar-refractivity contribution < 1.29 is 14.6 Å². The Morgan fingerprint density at radius 3 is 2.67 bits per heavy atom. The fourth-order valence-electron chi connectivity index (χ4n) is 2.84. The Morgan fingerprint density at radius 2 is 2.00 bits per heavy atom. The molecule has 0 spiro atoms. The van der Waals surface area contributed by atoms with Crippen LogP contribution >= 0.6 is 0 Å². The highest BCUT2D eigenvalue weighted by Crippen LogP contribution is 2.37. The van der Waals surface area contributed by atoms with E-state index in [0.717, 1.165) is 5.71 Å². The van der Waals surface area contributed by atoms with Crippen molar-refractivity contribution in [2.45, 2.75) is 25.5 Å². The Kier molecular flexibility index (Phi) is 4.36. The van der Waals surface area contributed by atoms with Crippen LogP contribution < -0.4 is 4.74 Å². The maximum atomic E-state index is 13.0. The Morgan fingerprint density at radius 1 is 1.25 bits per heavy atom. The molecule has 0 aliphatic carbocycles. The van der Waals surface area contributed by atoms with Gasteiger partial charge in [-0.05, 0) is 24.6 Å². The average Bonchev–Trinajstić information content (AvgIpc) is 3.00. The predicted octanol–water partition coefficient (Wildman–Crippen LogP) is 3.15. The van der Waals surface area contributed by atoms with Crippen LogP contribution in [0.1, 0.15) is 35.7 Å². The number of benzene rings is 2. The zero-order valence-electron chi connectivity index (χ0n) is 13.8. The summed E-state index contributed by atoms with van der Waals surface area (Å²) in [5.41, 5.74) is 0.392. The van der Waals surface area contributed by atoms with E-state index in [1.54, 1.807) is 43.5 Å². The molecule has 0 radical (unpaired) electrons. The second kappa shape index (κ2) is 6.45. The van der Waals surface area contributed by atoms with E-state index in [0.29, 0.717) is 29.7 Å². The maximum absolute atomic E-state index is 13.0. The Labute approximate surface area is 141 Å². The van der Waals surface area contributed by atoms with Crippen LogP contribution in [0.4, 0.5) is 0 Å². The number of methoxy groups -OCH3 is 1. The smallest absolute Gasteiger partial charge is 0.277 e. The molecule has 0 aromatic heterocycles. The summed E-state index contributed by atoms with van der Waals surface area (Å²) in [4.78, 5) is 13.0. The molecule has 1 amide bonds. The molecule has 1 aliphatic heterocycles. The summed E-state index contributed by atoms with van der Waals surface area (Å²) in [5, 5.41) is 16.8. The fraction of sp³-hybridized carbons (Fsp3) is 0.263. The maximum Gasteiger partial charge on any atom is 0.277 e. The molecule has 1 heterocycles. The van der Waals surface area contributed by atoms with Crippen molar-refractivity contribution in [3.63, 3.8) is 0 Å². The van der Waals surface area contributed by atoms with Crippen molar-refractivity contribution in [3.8, 4) is 5.75 Å². The molecule has 5 nitrogen and oxygen atoms in total. The van der Waals surface area contributed by atoms with Crippen molar-refractivity contribution in [2.75, 3.05) is 7.11 Å². The quantitative estimate of drug-likeness (QED) is 0.940. The van der Waals surface area contributed by atoms with Gasteiger partial charge in [-0.1, -0.05) is 43.3 Å². The number of amides is 1. The van der Waals surface area contributed by atoms with Crippen molar-refractivity contribution >= 4 is 11.6 Å². The molecule has 2 aromatic carbocycles. The number of ether oxygens (including phenoxy) is 1. The van der Waals surface area contributed by atoms with Gasteiger partial charge in [0.05, 0.1) is 7.11 Å². The molecule has 1 atom stereocenters. The van der Waals surface area contributed by atoms with E-state index >= 15 is 0 Å². The highest BCUT2D eigenvalue weighted by Gasteiger charge is 2.45. The number of hydrazone groups is 1. The Hall–Kier alpha value is -2.66. The summed E-state index contributed by atoms with van der Waals surface area (Å²) in [6.45, 7) is 1.96. The third-order valence-electron chi connectivity index (χ3n) is 4.20. The van der Waals surface area contributed by atoms with Crippen molar-refractivity contribution in [1.82, 2.24) is 5.01 Å². The van der Waals surface area contributed by atoms with E-state index in [1.165, 1.54) is 5.01 Å². The highest BCUT2D eigenvalue weighted by atomic mass is 16.5. The van der Waals surface area contributed by atoms with Gasteiger partial charge < -0.3 is 9.84 Å². The van der Waals surface area contributed by atoms with Gasteiger partial charge in [0.25, 0.3) is 5.91 Å². The summed E-state index contributed by atoms with van der Waals surface area (Å²) in [7, 11) is 1.55. The zero-order chi connectivity index (χ0) is 17.2. The Bertz CT molecular complexity index is 773. The largest absolute Gasteiger partial charge is 0.497 e. The molecule has 124 valence electrons. The number of hydrogen-bond donors (Lipinski definition) is 1. The number of rotatable bonds is 4. The van der Waals surface area contributed by atoms with Crippen LogP contribution in [0, 0.1) is 0 Å². The minimum absolute atomic E-state index is 0.309. The van der Waals surface area contributed by atoms with E-state index in [9.17, 15) is 9.90 Å². The molecule has 1 aliphatic rings. The first kappa shape index (κ1) is 16.2. The predicted molar refractivity (Wildman–Crippen MR) is 91.8 cm³/mol. The monoisotopic (exact) mass is 324 g/mol. The molecule has 1 N–H and O–H groups in total. The van der Waals surface area contributed by atoms with E-state index in [-0.39, 0.29) is 5.91 Å². The first-order valence-corrected chi connectivity index (χ1v) is 7.91. The van der Waals surface area contributed by atoms with Gasteiger partial charge in [0, 0.05) is 23.3 Å². The second-order valence-corrected chi connectivity index (χ2v) is 5.73. The van der Waals surface area contributed by atoms with Crippen LogP contribution in [0.5, 0.6) is 5.75 Å². The van der Waals surface area contributed by atoms with E-state index in [1.807, 2.05) is 25.1 Å². The lowest BCUT2D eigenvalue weighted by Crippen LogP contribution is -2.43. The molecule has 5 heteroatoms. The van der Waals surface area contributed by atoms with E-state index in [4.69, 9.17) is 4.74 Å². The molecule has 0 saturated heterocycles. The number of aliphatic hydroxyl groups is 1. The van der Waals surface area contributed by atoms with Gasteiger partial charge in [0.2, 0.25) is 0 Å². The molecular formula is C19H20N2O3. The standard InChI is InChI=1S/C19H20N2O3/c1-3-16-13-19(23,15-9-5-4-6-10-15)21(20-16)18(22)14-8-7-11-17(12-14)24-2/h4-12,23H,3,13H2,1-2H3/t19-/m1/s1. The summed E-state index contributed by atoms with van der Waals surface area (Å²) in [6, 6.07) is 16.0. The van der Waals surface area contributed by atoms with Gasteiger partial charge in [-0.25, -0.2) is 0 Å². The lowest BCUT2D eigenvalue weighted by molar-refractivity contribution is -0.0765. The minimum atomic E-state index is -1.47.